The Morgan fingerprint density at radius 3 is 2.78 bits per heavy atom. The van der Waals surface area contributed by atoms with Crippen molar-refractivity contribution in [2.75, 3.05) is 13.1 Å². The van der Waals surface area contributed by atoms with Crippen LogP contribution in [0.15, 0.2) is 36.9 Å². The van der Waals surface area contributed by atoms with Crippen LogP contribution in [0.3, 0.4) is 0 Å². The summed E-state index contributed by atoms with van der Waals surface area (Å²) in [6.45, 7) is 8.64. The van der Waals surface area contributed by atoms with Crippen LogP contribution in [-0.4, -0.2) is 44.6 Å². The Morgan fingerprint density at radius 2 is 2.13 bits per heavy atom. The van der Waals surface area contributed by atoms with E-state index in [0.717, 1.165) is 32.0 Å². The van der Waals surface area contributed by atoms with Gasteiger partial charge >= 0.3 is 0 Å². The fourth-order valence-electron chi connectivity index (χ4n) is 3.35. The van der Waals surface area contributed by atoms with Gasteiger partial charge in [-0.1, -0.05) is 6.07 Å². The molecule has 5 heteroatoms. The van der Waals surface area contributed by atoms with E-state index in [4.69, 9.17) is 0 Å². The molecule has 3 heterocycles. The van der Waals surface area contributed by atoms with E-state index >= 15 is 0 Å². The molecule has 0 saturated carbocycles. The fourth-order valence-corrected chi connectivity index (χ4v) is 3.35. The monoisotopic (exact) mass is 313 g/mol. The summed E-state index contributed by atoms with van der Waals surface area (Å²) in [5.74, 6) is 1.09. The van der Waals surface area contributed by atoms with Gasteiger partial charge in [-0.05, 0) is 51.4 Å². The number of nitrogens with one attached hydrogen (secondary N) is 1. The first kappa shape index (κ1) is 16.1. The number of hydrogen-bond donors (Lipinski definition) is 1. The third kappa shape index (κ3) is 4.62. The quantitative estimate of drug-likeness (QED) is 0.888. The number of aromatic nitrogens is 3. The van der Waals surface area contributed by atoms with E-state index in [9.17, 15) is 0 Å². The average molecular weight is 313 g/mol. The van der Waals surface area contributed by atoms with Crippen molar-refractivity contribution in [1.29, 1.82) is 0 Å². The Balaban J connectivity index is 1.41. The molecule has 5 nitrogen and oxygen atoms in total. The van der Waals surface area contributed by atoms with Crippen LogP contribution >= 0.6 is 0 Å². The molecule has 1 aliphatic heterocycles. The SMILES string of the molecule is Cc1nccn1C[C@@H](C)NC1CCN(Cc2cccnc2)CC1. The molecule has 23 heavy (non-hydrogen) atoms. The Hall–Kier alpha value is -1.72. The summed E-state index contributed by atoms with van der Waals surface area (Å²) in [6, 6.07) is 5.27. The summed E-state index contributed by atoms with van der Waals surface area (Å²) in [5.41, 5.74) is 1.31. The standard InChI is InChI=1S/C18H27N5/c1-15(13-23-11-8-20-16(23)2)21-18-5-9-22(10-6-18)14-17-4-3-7-19-12-17/h3-4,7-8,11-12,15,18,21H,5-6,9-10,13-14H2,1-2H3/t15-/m1/s1. The first-order valence-corrected chi connectivity index (χ1v) is 8.56. The molecule has 3 rings (SSSR count). The fraction of sp³-hybridized carbons (Fsp3) is 0.556. The molecule has 1 aliphatic rings. The van der Waals surface area contributed by atoms with Crippen molar-refractivity contribution in [1.82, 2.24) is 24.8 Å². The van der Waals surface area contributed by atoms with Crippen LogP contribution in [0.2, 0.25) is 0 Å². The molecule has 1 fully saturated rings. The zero-order valence-electron chi connectivity index (χ0n) is 14.2. The van der Waals surface area contributed by atoms with Crippen molar-refractivity contribution in [3.8, 4) is 0 Å². The van der Waals surface area contributed by atoms with E-state index in [-0.39, 0.29) is 0 Å². The van der Waals surface area contributed by atoms with Gasteiger partial charge in [0.05, 0.1) is 0 Å². The van der Waals surface area contributed by atoms with Gasteiger partial charge < -0.3 is 9.88 Å². The molecule has 2 aromatic heterocycles. The van der Waals surface area contributed by atoms with Gasteiger partial charge in [-0.25, -0.2) is 4.98 Å². The molecule has 2 aromatic rings. The zero-order valence-corrected chi connectivity index (χ0v) is 14.2. The van der Waals surface area contributed by atoms with Gasteiger partial charge in [0.15, 0.2) is 0 Å². The van der Waals surface area contributed by atoms with Crippen molar-refractivity contribution >= 4 is 0 Å². The third-order valence-electron chi connectivity index (χ3n) is 4.63. The first-order valence-electron chi connectivity index (χ1n) is 8.56. The van der Waals surface area contributed by atoms with E-state index < -0.39 is 0 Å². The van der Waals surface area contributed by atoms with E-state index in [1.165, 1.54) is 18.4 Å². The minimum absolute atomic E-state index is 0.470. The van der Waals surface area contributed by atoms with E-state index in [1.807, 2.05) is 24.7 Å². The van der Waals surface area contributed by atoms with E-state index in [1.54, 1.807) is 0 Å². The van der Waals surface area contributed by atoms with Gasteiger partial charge in [0, 0.05) is 50.0 Å². The smallest absolute Gasteiger partial charge is 0.105 e. The highest BCUT2D eigenvalue weighted by Crippen LogP contribution is 2.14. The van der Waals surface area contributed by atoms with Crippen LogP contribution in [0.25, 0.3) is 0 Å². The highest BCUT2D eigenvalue weighted by Gasteiger charge is 2.20. The molecule has 0 amide bonds. The summed E-state index contributed by atoms with van der Waals surface area (Å²) in [5, 5.41) is 3.78. The molecular formula is C18H27N5. The number of imidazole rings is 1. The molecule has 0 bridgehead atoms. The Bertz CT molecular complexity index is 586. The van der Waals surface area contributed by atoms with Gasteiger partial charge in [0.1, 0.15) is 5.82 Å². The Morgan fingerprint density at radius 1 is 1.30 bits per heavy atom. The third-order valence-corrected chi connectivity index (χ3v) is 4.63. The van der Waals surface area contributed by atoms with Crippen molar-refractivity contribution in [2.24, 2.45) is 0 Å². The van der Waals surface area contributed by atoms with Crippen LogP contribution in [0.5, 0.6) is 0 Å². The van der Waals surface area contributed by atoms with Crippen molar-refractivity contribution in [2.45, 2.75) is 51.9 Å². The van der Waals surface area contributed by atoms with Crippen LogP contribution in [0.4, 0.5) is 0 Å². The molecule has 124 valence electrons. The normalized spacial score (nSPS) is 18.2. The maximum Gasteiger partial charge on any atom is 0.105 e. The number of rotatable bonds is 6. The summed E-state index contributed by atoms with van der Waals surface area (Å²) in [7, 11) is 0. The molecular weight excluding hydrogens is 286 g/mol. The van der Waals surface area contributed by atoms with Crippen LogP contribution < -0.4 is 5.32 Å². The van der Waals surface area contributed by atoms with Crippen molar-refractivity contribution < 1.29 is 0 Å². The maximum atomic E-state index is 4.29. The predicted molar refractivity (Wildman–Crippen MR) is 92.1 cm³/mol. The highest BCUT2D eigenvalue weighted by molar-refractivity contribution is 5.08. The number of nitrogens with zero attached hydrogens (tertiary/aromatic N) is 4. The number of hydrogen-bond acceptors (Lipinski definition) is 4. The lowest BCUT2D eigenvalue weighted by Gasteiger charge is -2.34. The minimum Gasteiger partial charge on any atom is -0.334 e. The second kappa shape index (κ2) is 7.70. The zero-order chi connectivity index (χ0) is 16.1. The van der Waals surface area contributed by atoms with Crippen LogP contribution in [0.1, 0.15) is 31.2 Å². The van der Waals surface area contributed by atoms with Gasteiger partial charge in [0.25, 0.3) is 0 Å². The maximum absolute atomic E-state index is 4.29. The molecule has 0 aromatic carbocycles. The first-order chi connectivity index (χ1) is 11.2. The molecule has 0 unspecified atom stereocenters. The molecule has 1 atom stereocenters. The number of likely N-dealkylation sites (tertiary alicyclic amines) is 1. The Labute approximate surface area is 138 Å². The van der Waals surface area contributed by atoms with Gasteiger partial charge in [-0.3, -0.25) is 9.88 Å². The molecule has 0 radical (unpaired) electrons. The van der Waals surface area contributed by atoms with Crippen molar-refractivity contribution in [3.05, 3.63) is 48.3 Å². The summed E-state index contributed by atoms with van der Waals surface area (Å²) in [4.78, 5) is 11.0. The number of pyridine rings is 1. The van der Waals surface area contributed by atoms with Gasteiger partial charge in [0.2, 0.25) is 0 Å². The second-order valence-electron chi connectivity index (χ2n) is 6.61. The summed E-state index contributed by atoms with van der Waals surface area (Å²) < 4.78 is 2.22. The van der Waals surface area contributed by atoms with E-state index in [2.05, 4.69) is 50.9 Å². The van der Waals surface area contributed by atoms with Crippen molar-refractivity contribution in [3.63, 3.8) is 0 Å². The predicted octanol–water partition coefficient (Wildman–Crippen LogP) is 2.23. The molecule has 0 aliphatic carbocycles. The van der Waals surface area contributed by atoms with Crippen LogP contribution in [-0.2, 0) is 13.1 Å². The summed E-state index contributed by atoms with van der Waals surface area (Å²) in [6.07, 6.45) is 10.2. The minimum atomic E-state index is 0.470. The summed E-state index contributed by atoms with van der Waals surface area (Å²) >= 11 is 0. The average Bonchev–Trinajstić information content (AvgIpc) is 2.95. The van der Waals surface area contributed by atoms with Gasteiger partial charge in [-0.15, -0.1) is 0 Å². The topological polar surface area (TPSA) is 46.0 Å². The number of piperidine rings is 1. The second-order valence-corrected chi connectivity index (χ2v) is 6.61. The van der Waals surface area contributed by atoms with E-state index in [0.29, 0.717) is 12.1 Å². The van der Waals surface area contributed by atoms with Crippen LogP contribution in [0, 0.1) is 6.92 Å². The largest absolute Gasteiger partial charge is 0.334 e. The molecule has 1 saturated heterocycles. The van der Waals surface area contributed by atoms with Gasteiger partial charge in [-0.2, -0.15) is 0 Å². The molecule has 1 N–H and O–H groups in total. The number of aryl methyl sites for hydroxylation is 1. The lowest BCUT2D eigenvalue weighted by atomic mass is 10.0. The Kier molecular flexibility index (Phi) is 5.41. The molecule has 0 spiro atoms. The lowest BCUT2D eigenvalue weighted by Crippen LogP contribution is -2.46. The highest BCUT2D eigenvalue weighted by atomic mass is 15.2. The lowest BCUT2D eigenvalue weighted by molar-refractivity contribution is 0.183.